The first-order valence-corrected chi connectivity index (χ1v) is 15.7. The molecule has 3 aromatic carbocycles. The molecule has 1 amide bonds. The number of phenols is 1. The highest BCUT2D eigenvalue weighted by atomic mass is 32.2. The first kappa shape index (κ1) is 30.2. The van der Waals surface area contributed by atoms with E-state index in [2.05, 4.69) is 11.9 Å². The largest absolute Gasteiger partial charge is 0.506 e. The summed E-state index contributed by atoms with van der Waals surface area (Å²) in [4.78, 5) is 15.6. The monoisotopic (exact) mass is 606 g/mol. The van der Waals surface area contributed by atoms with Gasteiger partial charge in [0.25, 0.3) is 0 Å². The van der Waals surface area contributed by atoms with E-state index in [1.54, 1.807) is 36.4 Å². The number of rotatable bonds is 8. The van der Waals surface area contributed by atoms with Crippen LogP contribution in [0.3, 0.4) is 0 Å². The summed E-state index contributed by atoms with van der Waals surface area (Å²) in [6.07, 6.45) is 1.65. The van der Waals surface area contributed by atoms with Crippen LogP contribution in [0.5, 0.6) is 17.2 Å². The van der Waals surface area contributed by atoms with Crippen molar-refractivity contribution >= 4 is 27.1 Å². The minimum atomic E-state index is -4.03. The number of hydrogen-bond acceptors (Lipinski definition) is 7. The first-order valence-electron chi connectivity index (χ1n) is 14.1. The molecule has 0 spiro atoms. The van der Waals surface area contributed by atoms with E-state index in [-0.39, 0.29) is 52.1 Å². The van der Waals surface area contributed by atoms with Crippen molar-refractivity contribution in [1.82, 2.24) is 0 Å². The van der Waals surface area contributed by atoms with E-state index in [0.29, 0.717) is 30.0 Å². The second-order valence-corrected chi connectivity index (χ2v) is 13.4. The van der Waals surface area contributed by atoms with Gasteiger partial charge < -0.3 is 19.9 Å². The zero-order valence-corrected chi connectivity index (χ0v) is 25.2. The van der Waals surface area contributed by atoms with Crippen molar-refractivity contribution in [1.29, 1.82) is 0 Å². The van der Waals surface area contributed by atoms with Crippen molar-refractivity contribution < 1.29 is 32.2 Å². The fraction of sp³-hybridized carbons (Fsp3) is 0.303. The number of allylic oxidation sites excluding steroid dienone is 1. The third kappa shape index (κ3) is 5.97. The van der Waals surface area contributed by atoms with Crippen LogP contribution in [-0.4, -0.2) is 38.4 Å². The lowest BCUT2D eigenvalue weighted by Crippen LogP contribution is -2.42. The summed E-state index contributed by atoms with van der Waals surface area (Å²) in [5, 5.41) is 14.1. The summed E-state index contributed by atoms with van der Waals surface area (Å²) >= 11 is 0. The van der Waals surface area contributed by atoms with Crippen molar-refractivity contribution in [3.63, 3.8) is 0 Å². The quantitative estimate of drug-likeness (QED) is 0.229. The number of fused-ring (bicyclic) bond motifs is 1. The Morgan fingerprint density at radius 3 is 2.65 bits per heavy atom. The summed E-state index contributed by atoms with van der Waals surface area (Å²) < 4.78 is 55.6. The Bertz CT molecular complexity index is 1720. The molecule has 5 rings (SSSR count). The van der Waals surface area contributed by atoms with Crippen LogP contribution in [0.25, 0.3) is 0 Å². The molecule has 8 nitrogen and oxygen atoms in total. The van der Waals surface area contributed by atoms with Crippen LogP contribution >= 0.6 is 0 Å². The standard InChI is InChI=1S/C33H35FN2O6S/c1-5-16-42-22-14-15-23(24(34)18-22)31-32-25(19-33(3,4)20-43(32,39)40)35-30-26(11-9-12-27(30)37)36(31)29(38)17-21-10-7-8-13-28(21)41-6-2/h5,7-15,18,31,35,37H,1,6,16-17,19-20H2,2-4H3/t31-/m0/s1. The minimum Gasteiger partial charge on any atom is -0.506 e. The van der Waals surface area contributed by atoms with Crippen LogP contribution in [0.2, 0.25) is 0 Å². The molecular formula is C33H35FN2O6S. The van der Waals surface area contributed by atoms with E-state index in [0.717, 1.165) is 0 Å². The predicted octanol–water partition coefficient (Wildman–Crippen LogP) is 6.29. The molecule has 0 unspecified atom stereocenters. The van der Waals surface area contributed by atoms with Gasteiger partial charge in [0.2, 0.25) is 5.91 Å². The third-order valence-electron chi connectivity index (χ3n) is 7.45. The second-order valence-electron chi connectivity index (χ2n) is 11.4. The maximum Gasteiger partial charge on any atom is 0.232 e. The van der Waals surface area contributed by atoms with E-state index in [1.165, 1.54) is 35.2 Å². The van der Waals surface area contributed by atoms with Gasteiger partial charge in [-0.15, -0.1) is 0 Å². The van der Waals surface area contributed by atoms with Crippen molar-refractivity contribution in [2.75, 3.05) is 29.2 Å². The molecule has 2 N–H and O–H groups in total. The Balaban J connectivity index is 1.77. The van der Waals surface area contributed by atoms with Gasteiger partial charge in [-0.2, -0.15) is 0 Å². The lowest BCUT2D eigenvalue weighted by molar-refractivity contribution is -0.118. The molecule has 226 valence electrons. The molecule has 0 aliphatic carbocycles. The van der Waals surface area contributed by atoms with Gasteiger partial charge in [0.05, 0.1) is 29.4 Å². The number of nitrogens with zero attached hydrogens (tertiary/aromatic N) is 1. The molecule has 0 saturated carbocycles. The molecule has 3 aromatic rings. The van der Waals surface area contributed by atoms with Gasteiger partial charge >= 0.3 is 0 Å². The fourth-order valence-electron chi connectivity index (χ4n) is 5.83. The molecule has 43 heavy (non-hydrogen) atoms. The molecule has 10 heteroatoms. The SMILES string of the molecule is C=CCOc1ccc([C@H]2C3=C(CC(C)(C)CS3(=O)=O)Nc3c(O)cccc3N2C(=O)Cc2ccccc2OCC)c(F)c1. The molecule has 0 saturated heterocycles. The van der Waals surface area contributed by atoms with Gasteiger partial charge in [0.15, 0.2) is 9.84 Å². The minimum absolute atomic E-state index is 0.0221. The molecule has 0 fully saturated rings. The topological polar surface area (TPSA) is 105 Å². The summed E-state index contributed by atoms with van der Waals surface area (Å²) in [7, 11) is -4.03. The zero-order chi connectivity index (χ0) is 30.9. The number of nitrogens with one attached hydrogen (secondary N) is 1. The maximum atomic E-state index is 16.1. The van der Waals surface area contributed by atoms with E-state index in [1.807, 2.05) is 20.8 Å². The molecule has 1 atom stereocenters. The highest BCUT2D eigenvalue weighted by Gasteiger charge is 2.47. The van der Waals surface area contributed by atoms with E-state index >= 15 is 4.39 Å². The number of para-hydroxylation sites is 2. The van der Waals surface area contributed by atoms with Crippen LogP contribution in [0.4, 0.5) is 15.8 Å². The second kappa shape index (κ2) is 11.8. The Hall–Kier alpha value is -4.31. The third-order valence-corrected chi connectivity index (χ3v) is 9.75. The number of phenolic OH excluding ortho intramolecular Hbond substituents is 1. The highest BCUT2D eigenvalue weighted by Crippen LogP contribution is 2.51. The lowest BCUT2D eigenvalue weighted by atomic mass is 9.88. The zero-order valence-electron chi connectivity index (χ0n) is 24.4. The lowest BCUT2D eigenvalue weighted by Gasteiger charge is -2.37. The van der Waals surface area contributed by atoms with Crippen molar-refractivity contribution in [2.24, 2.45) is 5.41 Å². The Labute approximate surface area is 251 Å². The average molecular weight is 607 g/mol. The molecular weight excluding hydrogens is 571 g/mol. The van der Waals surface area contributed by atoms with Crippen LogP contribution < -0.4 is 19.7 Å². The number of anilines is 2. The fourth-order valence-corrected chi connectivity index (χ4v) is 8.19. The Morgan fingerprint density at radius 1 is 1.16 bits per heavy atom. The van der Waals surface area contributed by atoms with Crippen molar-refractivity contribution in [3.8, 4) is 17.2 Å². The molecule has 0 aromatic heterocycles. The molecule has 0 bridgehead atoms. The number of aromatic hydroxyl groups is 1. The molecule has 0 radical (unpaired) electrons. The summed E-state index contributed by atoms with van der Waals surface area (Å²) in [5.74, 6) is -0.874. The number of benzene rings is 3. The number of carbonyl (C=O) groups is 1. The van der Waals surface area contributed by atoms with Crippen molar-refractivity contribution in [2.45, 2.75) is 39.7 Å². The van der Waals surface area contributed by atoms with E-state index in [4.69, 9.17) is 9.47 Å². The highest BCUT2D eigenvalue weighted by molar-refractivity contribution is 7.95. The number of carbonyl (C=O) groups excluding carboxylic acids is 1. The maximum absolute atomic E-state index is 16.1. The Morgan fingerprint density at radius 2 is 1.93 bits per heavy atom. The van der Waals surface area contributed by atoms with Gasteiger partial charge in [-0.1, -0.05) is 50.8 Å². The first-order chi connectivity index (χ1) is 20.5. The summed E-state index contributed by atoms with van der Waals surface area (Å²) in [6.45, 7) is 9.65. The number of sulfone groups is 1. The van der Waals surface area contributed by atoms with Crippen molar-refractivity contribution in [3.05, 3.63) is 101 Å². The van der Waals surface area contributed by atoms with Gasteiger partial charge in [0.1, 0.15) is 41.4 Å². The van der Waals surface area contributed by atoms with Crippen LogP contribution in [0.15, 0.2) is 83.9 Å². The predicted molar refractivity (Wildman–Crippen MR) is 165 cm³/mol. The molecule has 2 aliphatic rings. The average Bonchev–Trinajstić information content (AvgIpc) is 3.07. The van der Waals surface area contributed by atoms with E-state index in [9.17, 15) is 18.3 Å². The smallest absolute Gasteiger partial charge is 0.232 e. The van der Waals surface area contributed by atoms with Gasteiger partial charge in [0, 0.05) is 22.9 Å². The molecule has 2 aliphatic heterocycles. The van der Waals surface area contributed by atoms with Gasteiger partial charge in [-0.05, 0) is 49.1 Å². The number of amides is 1. The van der Waals surface area contributed by atoms with Crippen LogP contribution in [0.1, 0.15) is 44.4 Å². The summed E-state index contributed by atoms with van der Waals surface area (Å²) in [6, 6.07) is 14.5. The number of hydrogen-bond donors (Lipinski definition) is 2. The van der Waals surface area contributed by atoms with Crippen LogP contribution in [0, 0.1) is 11.2 Å². The Kier molecular flexibility index (Phi) is 8.25. The van der Waals surface area contributed by atoms with Crippen LogP contribution in [-0.2, 0) is 21.1 Å². The van der Waals surface area contributed by atoms with Gasteiger partial charge in [-0.3, -0.25) is 9.69 Å². The van der Waals surface area contributed by atoms with E-state index < -0.39 is 33.0 Å². The number of ether oxygens (including phenoxy) is 2. The summed E-state index contributed by atoms with van der Waals surface area (Å²) in [5.41, 5.74) is 0.603. The van der Waals surface area contributed by atoms with Gasteiger partial charge in [-0.25, -0.2) is 12.8 Å². The number of halogens is 1. The normalized spacial score (nSPS) is 18.5. The molecule has 2 heterocycles.